The van der Waals surface area contributed by atoms with Crippen molar-refractivity contribution in [2.45, 2.75) is 0 Å². The third-order valence-corrected chi connectivity index (χ3v) is 3.37. The predicted octanol–water partition coefficient (Wildman–Crippen LogP) is 4.44. The zero-order valence-electron chi connectivity index (χ0n) is 10.6. The largest absolute Gasteiger partial charge is 0.276 e. The van der Waals surface area contributed by atoms with E-state index >= 15 is 0 Å². The van der Waals surface area contributed by atoms with Gasteiger partial charge in [0.1, 0.15) is 0 Å². The van der Waals surface area contributed by atoms with Crippen molar-refractivity contribution < 1.29 is 0 Å². The number of pyridine rings is 1. The topological polar surface area (TPSA) is 37.3 Å². The summed E-state index contributed by atoms with van der Waals surface area (Å²) in [5.41, 5.74) is 5.89. The first-order valence-electron chi connectivity index (χ1n) is 6.21. The summed E-state index contributed by atoms with van der Waals surface area (Å²) in [6.45, 7) is 0. The fraction of sp³-hybridized carbons (Fsp3) is 0. The number of anilines is 1. The molecule has 0 amide bonds. The number of hydrogen-bond donors (Lipinski definition) is 1. The van der Waals surface area contributed by atoms with E-state index < -0.39 is 0 Å². The van der Waals surface area contributed by atoms with Crippen LogP contribution in [0.25, 0.3) is 10.9 Å². The van der Waals surface area contributed by atoms with Crippen LogP contribution in [0.1, 0.15) is 5.56 Å². The standard InChI is InChI=1S/C16H12BrN3/c17-14-7-1-4-12(10-14)11-19-20-15-8-2-5-13-6-3-9-18-16(13)15/h1-11,20H. The van der Waals surface area contributed by atoms with Crippen LogP contribution in [-0.2, 0) is 0 Å². The molecule has 20 heavy (non-hydrogen) atoms. The highest BCUT2D eigenvalue weighted by Gasteiger charge is 1.99. The van der Waals surface area contributed by atoms with E-state index in [-0.39, 0.29) is 0 Å². The molecular weight excluding hydrogens is 314 g/mol. The zero-order valence-corrected chi connectivity index (χ0v) is 12.2. The van der Waals surface area contributed by atoms with E-state index in [0.29, 0.717) is 0 Å². The van der Waals surface area contributed by atoms with Gasteiger partial charge in [-0.25, -0.2) is 0 Å². The van der Waals surface area contributed by atoms with E-state index in [2.05, 4.69) is 31.4 Å². The molecule has 0 atom stereocenters. The van der Waals surface area contributed by atoms with Crippen LogP contribution in [0.3, 0.4) is 0 Å². The van der Waals surface area contributed by atoms with Crippen LogP contribution in [0.15, 0.2) is 70.4 Å². The van der Waals surface area contributed by atoms with Crippen LogP contribution in [0.5, 0.6) is 0 Å². The molecule has 1 N–H and O–H groups in total. The summed E-state index contributed by atoms with van der Waals surface area (Å²) in [6, 6.07) is 17.9. The summed E-state index contributed by atoms with van der Waals surface area (Å²) < 4.78 is 1.04. The first kappa shape index (κ1) is 12.8. The minimum atomic E-state index is 0.898. The normalized spacial score (nSPS) is 11.1. The third-order valence-electron chi connectivity index (χ3n) is 2.88. The van der Waals surface area contributed by atoms with Crippen molar-refractivity contribution in [1.29, 1.82) is 0 Å². The van der Waals surface area contributed by atoms with Gasteiger partial charge in [-0.3, -0.25) is 10.4 Å². The molecule has 0 aliphatic rings. The first-order chi connectivity index (χ1) is 9.83. The van der Waals surface area contributed by atoms with Crippen molar-refractivity contribution in [3.05, 3.63) is 70.8 Å². The fourth-order valence-electron chi connectivity index (χ4n) is 1.96. The maximum Gasteiger partial charge on any atom is 0.0951 e. The van der Waals surface area contributed by atoms with Crippen LogP contribution in [0.4, 0.5) is 5.69 Å². The summed E-state index contributed by atoms with van der Waals surface area (Å²) in [5.74, 6) is 0. The second kappa shape index (κ2) is 5.84. The van der Waals surface area contributed by atoms with Gasteiger partial charge in [-0.15, -0.1) is 0 Å². The highest BCUT2D eigenvalue weighted by atomic mass is 79.9. The Kier molecular flexibility index (Phi) is 3.74. The lowest BCUT2D eigenvalue weighted by Gasteiger charge is -2.04. The molecule has 1 aromatic heterocycles. The quantitative estimate of drug-likeness (QED) is 0.570. The molecule has 1 heterocycles. The highest BCUT2D eigenvalue weighted by Crippen LogP contribution is 2.20. The summed E-state index contributed by atoms with van der Waals surface area (Å²) in [6.07, 6.45) is 3.57. The van der Waals surface area contributed by atoms with Crippen LogP contribution in [-0.4, -0.2) is 11.2 Å². The number of nitrogens with one attached hydrogen (secondary N) is 1. The molecule has 2 aromatic carbocycles. The number of aromatic nitrogens is 1. The molecule has 0 saturated heterocycles. The van der Waals surface area contributed by atoms with Crippen molar-refractivity contribution in [2.75, 3.05) is 5.43 Å². The lowest BCUT2D eigenvalue weighted by molar-refractivity contribution is 1.33. The van der Waals surface area contributed by atoms with Crippen LogP contribution in [0, 0.1) is 0 Å². The molecule has 0 saturated carbocycles. The van der Waals surface area contributed by atoms with Gasteiger partial charge >= 0.3 is 0 Å². The van der Waals surface area contributed by atoms with Gasteiger partial charge in [0.15, 0.2) is 0 Å². The molecule has 0 bridgehead atoms. The smallest absolute Gasteiger partial charge is 0.0951 e. The lowest BCUT2D eigenvalue weighted by atomic mass is 10.2. The van der Waals surface area contributed by atoms with Crippen molar-refractivity contribution in [2.24, 2.45) is 5.10 Å². The van der Waals surface area contributed by atoms with Crippen LogP contribution < -0.4 is 5.43 Å². The Hall–Kier alpha value is -2.20. The molecule has 98 valence electrons. The third kappa shape index (κ3) is 2.86. The maximum absolute atomic E-state index is 4.38. The van der Waals surface area contributed by atoms with E-state index in [1.54, 1.807) is 12.4 Å². The molecule has 0 fully saturated rings. The average molecular weight is 326 g/mol. The molecule has 0 spiro atoms. The number of halogens is 1. The minimum Gasteiger partial charge on any atom is -0.276 e. The Morgan fingerprint density at radius 3 is 2.80 bits per heavy atom. The fourth-order valence-corrected chi connectivity index (χ4v) is 2.37. The van der Waals surface area contributed by atoms with E-state index in [4.69, 9.17) is 0 Å². The van der Waals surface area contributed by atoms with Gasteiger partial charge in [0.05, 0.1) is 17.4 Å². The van der Waals surface area contributed by atoms with Crippen molar-refractivity contribution in [3.63, 3.8) is 0 Å². The lowest BCUT2D eigenvalue weighted by Crippen LogP contribution is -1.92. The minimum absolute atomic E-state index is 0.898. The highest BCUT2D eigenvalue weighted by molar-refractivity contribution is 9.10. The molecule has 0 aliphatic carbocycles. The molecule has 0 unspecified atom stereocenters. The van der Waals surface area contributed by atoms with Gasteiger partial charge < -0.3 is 0 Å². The van der Waals surface area contributed by atoms with Gasteiger partial charge in [-0.2, -0.15) is 5.10 Å². The SMILES string of the molecule is Brc1cccc(C=NNc2cccc3cccnc23)c1. The number of benzene rings is 2. The van der Waals surface area contributed by atoms with Gasteiger partial charge in [-0.05, 0) is 29.8 Å². The Balaban J connectivity index is 1.84. The number of fused-ring (bicyclic) bond motifs is 1. The van der Waals surface area contributed by atoms with Gasteiger partial charge in [-0.1, -0.05) is 46.3 Å². The van der Waals surface area contributed by atoms with E-state index in [9.17, 15) is 0 Å². The van der Waals surface area contributed by atoms with Crippen LogP contribution in [0.2, 0.25) is 0 Å². The van der Waals surface area contributed by atoms with E-state index in [1.807, 2.05) is 54.6 Å². The Bertz CT molecular complexity index is 763. The van der Waals surface area contributed by atoms with Gasteiger partial charge in [0.25, 0.3) is 0 Å². The maximum atomic E-state index is 4.38. The average Bonchev–Trinajstić information content (AvgIpc) is 2.48. The molecule has 0 aliphatic heterocycles. The van der Waals surface area contributed by atoms with Gasteiger partial charge in [0, 0.05) is 16.1 Å². The molecule has 3 rings (SSSR count). The zero-order chi connectivity index (χ0) is 13.8. The number of hydrogen-bond acceptors (Lipinski definition) is 3. The van der Waals surface area contributed by atoms with Gasteiger partial charge in [0.2, 0.25) is 0 Å². The Morgan fingerprint density at radius 2 is 1.90 bits per heavy atom. The number of rotatable bonds is 3. The van der Waals surface area contributed by atoms with E-state index in [1.165, 1.54) is 0 Å². The molecular formula is C16H12BrN3. The second-order valence-corrected chi connectivity index (χ2v) is 5.22. The molecule has 0 radical (unpaired) electrons. The van der Waals surface area contributed by atoms with Crippen LogP contribution >= 0.6 is 15.9 Å². The van der Waals surface area contributed by atoms with Crippen molar-refractivity contribution in [1.82, 2.24) is 4.98 Å². The summed E-state index contributed by atoms with van der Waals surface area (Å²) >= 11 is 3.44. The summed E-state index contributed by atoms with van der Waals surface area (Å²) in [7, 11) is 0. The first-order valence-corrected chi connectivity index (χ1v) is 7.00. The Labute approximate surface area is 125 Å². The Morgan fingerprint density at radius 1 is 1.05 bits per heavy atom. The summed E-state index contributed by atoms with van der Waals surface area (Å²) in [4.78, 5) is 4.38. The molecule has 3 nitrogen and oxygen atoms in total. The predicted molar refractivity (Wildman–Crippen MR) is 87.1 cm³/mol. The number of nitrogens with zero attached hydrogens (tertiary/aromatic N) is 2. The number of para-hydroxylation sites is 1. The summed E-state index contributed by atoms with van der Waals surface area (Å²) in [5, 5.41) is 5.36. The number of hydrazone groups is 1. The monoisotopic (exact) mass is 325 g/mol. The second-order valence-electron chi connectivity index (χ2n) is 4.31. The van der Waals surface area contributed by atoms with E-state index in [0.717, 1.165) is 26.6 Å². The molecule has 4 heteroatoms. The van der Waals surface area contributed by atoms with Crippen molar-refractivity contribution in [3.8, 4) is 0 Å². The van der Waals surface area contributed by atoms with Crippen molar-refractivity contribution >= 4 is 38.7 Å². The molecule has 3 aromatic rings.